The maximum absolute atomic E-state index is 6.15. The highest BCUT2D eigenvalue weighted by molar-refractivity contribution is 7.20. The van der Waals surface area contributed by atoms with Gasteiger partial charge in [0, 0.05) is 0 Å². The van der Waals surface area contributed by atoms with E-state index in [1.165, 1.54) is 0 Å². The molecule has 0 amide bonds. The van der Waals surface area contributed by atoms with Gasteiger partial charge in [0.25, 0.3) is 0 Å². The minimum Gasteiger partial charge on any atom is -0.373 e. The average molecular weight is 281 g/mol. The smallest absolute Gasteiger partial charge is 0.155 e. The topological polar surface area (TPSA) is 9.23 Å². The van der Waals surface area contributed by atoms with Gasteiger partial charge in [-0.2, -0.15) is 11.1 Å². The highest BCUT2D eigenvalue weighted by atomic mass is 35.6. The molecular weight excluding hydrogens is 252 g/mol. The monoisotopic (exact) mass is 280 g/mol. The molecule has 0 aromatic carbocycles. The van der Waals surface area contributed by atoms with Crippen LogP contribution in [0.25, 0.3) is 0 Å². The molecule has 0 aliphatic carbocycles. The molecule has 0 aliphatic heterocycles. The highest BCUT2D eigenvalue weighted by Crippen LogP contribution is 2.38. The van der Waals surface area contributed by atoms with E-state index in [2.05, 4.69) is 47.0 Å². The van der Waals surface area contributed by atoms with Crippen LogP contribution in [-0.4, -0.2) is 31.6 Å². The van der Waals surface area contributed by atoms with Crippen LogP contribution < -0.4 is 0 Å². The van der Waals surface area contributed by atoms with E-state index in [9.17, 15) is 0 Å². The fraction of sp³-hybridized carbons (Fsp3) is 0.667. The van der Waals surface area contributed by atoms with Crippen LogP contribution in [0.4, 0.5) is 0 Å². The Balaban J connectivity index is -0.000000200. The van der Waals surface area contributed by atoms with Crippen molar-refractivity contribution in [1.82, 2.24) is 0 Å². The molecule has 0 saturated carbocycles. The van der Waals surface area contributed by atoms with E-state index in [1.54, 1.807) is 12.2 Å². The molecule has 0 rings (SSSR count). The van der Waals surface area contributed by atoms with E-state index < -0.39 is 7.38 Å². The first-order valence-corrected chi connectivity index (χ1v) is 9.16. The second kappa shape index (κ2) is 10.3. The summed E-state index contributed by atoms with van der Waals surface area (Å²) in [5.74, 6) is 0. The number of hydrogen-bond donors (Lipinski definition) is 0. The van der Waals surface area contributed by atoms with Crippen molar-refractivity contribution in [3.05, 3.63) is 25.3 Å². The van der Waals surface area contributed by atoms with Crippen LogP contribution >= 0.6 is 11.1 Å². The average Bonchev–Trinajstić information content (AvgIpc) is 2.03. The summed E-state index contributed by atoms with van der Waals surface area (Å²) in [5.41, 5.74) is 0. The van der Waals surface area contributed by atoms with Gasteiger partial charge in [-0.05, 0) is 16.0 Å². The molecule has 0 unspecified atom stereocenters. The summed E-state index contributed by atoms with van der Waals surface area (Å²) in [5, 5.41) is 0.342. The van der Waals surface area contributed by atoms with E-state index in [1.807, 2.05) is 0 Å². The lowest BCUT2D eigenvalue weighted by Crippen LogP contribution is -2.29. The summed E-state index contributed by atoms with van der Waals surface area (Å²) in [4.78, 5) is 0. The van der Waals surface area contributed by atoms with E-state index >= 15 is 0 Å². The Morgan fingerprint density at radius 2 is 1.38 bits per heavy atom. The Morgan fingerprint density at radius 3 is 1.50 bits per heavy atom. The first-order valence-electron chi connectivity index (χ1n) is 5.15. The van der Waals surface area contributed by atoms with Crippen molar-refractivity contribution in [2.24, 2.45) is 0 Å². The normalized spacial score (nSPS) is 10.6. The summed E-state index contributed by atoms with van der Waals surface area (Å²) in [6, 6.07) is 0. The summed E-state index contributed by atoms with van der Waals surface area (Å²) in [6.45, 7) is 19.1. The van der Waals surface area contributed by atoms with Crippen molar-refractivity contribution < 1.29 is 4.74 Å². The minimum absolute atomic E-state index is 0. The third-order valence-electron chi connectivity index (χ3n) is 2.25. The van der Waals surface area contributed by atoms with Gasteiger partial charge in [0.05, 0.1) is 13.2 Å². The third kappa shape index (κ3) is 14.2. The predicted octanol–water partition coefficient (Wildman–Crippen LogP) is 3.15. The summed E-state index contributed by atoms with van der Waals surface area (Å²) in [7, 11) is -1.39. The molecule has 0 bridgehead atoms. The molecule has 1 nitrogen and oxygen atoms in total. The van der Waals surface area contributed by atoms with Crippen molar-refractivity contribution in [2.45, 2.75) is 38.9 Å². The maximum atomic E-state index is 6.15. The standard InChI is InChI=1S/C6H15ClSi.C6H10O.H4Si/c1-6(2,3)8(4,5)7;1-3-5-7-6-4-2;/h1-5H3;3-4H,1-2,5-6H2;1H4. The Kier molecular flexibility index (Phi) is 13.8. The summed E-state index contributed by atoms with van der Waals surface area (Å²) in [6.07, 6.45) is 3.42. The second-order valence-electron chi connectivity index (χ2n) is 4.84. The van der Waals surface area contributed by atoms with Gasteiger partial charge in [-0.25, -0.2) is 0 Å². The lowest BCUT2D eigenvalue weighted by molar-refractivity contribution is 0.194. The zero-order valence-electron chi connectivity index (χ0n) is 10.8. The molecule has 0 fully saturated rings. The van der Waals surface area contributed by atoms with Gasteiger partial charge in [0.15, 0.2) is 7.38 Å². The first kappa shape index (κ1) is 21.4. The third-order valence-corrected chi connectivity index (χ3v) is 7.52. The van der Waals surface area contributed by atoms with Gasteiger partial charge in [-0.15, -0.1) is 13.2 Å². The molecule has 0 heterocycles. The van der Waals surface area contributed by atoms with Gasteiger partial charge < -0.3 is 4.74 Å². The van der Waals surface area contributed by atoms with Crippen LogP contribution in [0.15, 0.2) is 25.3 Å². The zero-order chi connectivity index (χ0) is 12.5. The molecule has 4 heteroatoms. The number of hydrogen-bond acceptors (Lipinski definition) is 1. The fourth-order valence-electron chi connectivity index (χ4n) is 0.235. The lowest BCUT2D eigenvalue weighted by Gasteiger charge is -2.29. The van der Waals surface area contributed by atoms with Crippen molar-refractivity contribution in [1.29, 1.82) is 0 Å². The van der Waals surface area contributed by atoms with E-state index in [0.717, 1.165) is 0 Å². The molecular formula is C12H29ClOSi2. The molecule has 0 aromatic rings. The molecule has 0 aromatic heterocycles. The van der Waals surface area contributed by atoms with Gasteiger partial charge >= 0.3 is 0 Å². The molecule has 0 radical (unpaired) electrons. The molecule has 0 aliphatic rings. The Morgan fingerprint density at radius 1 is 1.12 bits per heavy atom. The summed E-state index contributed by atoms with van der Waals surface area (Å²) >= 11 is 6.15. The molecule has 0 atom stereocenters. The Hall–Kier alpha value is 0.164. The molecule has 98 valence electrons. The SMILES string of the molecule is C=CCOCC=C.CC(C)(C)[Si](C)(C)Cl.[SiH4]. The Labute approximate surface area is 112 Å². The first-order chi connectivity index (χ1) is 6.66. The summed E-state index contributed by atoms with van der Waals surface area (Å²) < 4.78 is 4.90. The number of rotatable bonds is 4. The molecule has 0 N–H and O–H groups in total. The van der Waals surface area contributed by atoms with Crippen LogP contribution in [-0.2, 0) is 4.74 Å². The van der Waals surface area contributed by atoms with Crippen molar-refractivity contribution in [2.75, 3.05) is 13.2 Å². The molecule has 0 saturated heterocycles. The Bertz CT molecular complexity index is 160. The largest absolute Gasteiger partial charge is 0.373 e. The lowest BCUT2D eigenvalue weighted by atomic mass is 10.2. The highest BCUT2D eigenvalue weighted by Gasteiger charge is 2.32. The van der Waals surface area contributed by atoms with Crippen LogP contribution in [0, 0.1) is 0 Å². The van der Waals surface area contributed by atoms with Gasteiger partial charge in [-0.3, -0.25) is 0 Å². The van der Waals surface area contributed by atoms with E-state index in [-0.39, 0.29) is 11.0 Å². The predicted molar refractivity (Wildman–Crippen MR) is 85.6 cm³/mol. The second-order valence-corrected chi connectivity index (χ2v) is 12.1. The fourth-order valence-corrected chi connectivity index (χ4v) is 0.235. The van der Waals surface area contributed by atoms with E-state index in [4.69, 9.17) is 15.8 Å². The zero-order valence-corrected chi connectivity index (χ0v) is 12.5. The van der Waals surface area contributed by atoms with Crippen molar-refractivity contribution in [3.8, 4) is 0 Å². The van der Waals surface area contributed by atoms with Gasteiger partial charge in [-0.1, -0.05) is 46.0 Å². The van der Waals surface area contributed by atoms with E-state index in [0.29, 0.717) is 18.3 Å². The number of halogens is 1. The molecule has 16 heavy (non-hydrogen) atoms. The van der Waals surface area contributed by atoms with Crippen LogP contribution in [0.3, 0.4) is 0 Å². The quantitative estimate of drug-likeness (QED) is 0.333. The van der Waals surface area contributed by atoms with Crippen molar-refractivity contribution in [3.63, 3.8) is 0 Å². The maximum Gasteiger partial charge on any atom is 0.155 e. The van der Waals surface area contributed by atoms with Crippen LogP contribution in [0.1, 0.15) is 20.8 Å². The van der Waals surface area contributed by atoms with Crippen LogP contribution in [0.5, 0.6) is 0 Å². The molecule has 0 spiro atoms. The van der Waals surface area contributed by atoms with Gasteiger partial charge in [0.1, 0.15) is 0 Å². The minimum atomic E-state index is -1.39. The van der Waals surface area contributed by atoms with Gasteiger partial charge in [0.2, 0.25) is 0 Å². The van der Waals surface area contributed by atoms with Crippen molar-refractivity contribution >= 4 is 29.4 Å². The van der Waals surface area contributed by atoms with Crippen LogP contribution in [0.2, 0.25) is 18.1 Å². The number of ether oxygens (including phenoxy) is 1.